The van der Waals surface area contributed by atoms with E-state index in [9.17, 15) is 9.59 Å². The summed E-state index contributed by atoms with van der Waals surface area (Å²) in [6.45, 7) is 3.86. The number of carbonyl (C=O) groups excluding carboxylic acids is 2. The molecule has 0 fully saturated rings. The molecule has 0 spiro atoms. The first-order chi connectivity index (χ1) is 16.4. The van der Waals surface area contributed by atoms with Crippen molar-refractivity contribution in [3.63, 3.8) is 0 Å². The van der Waals surface area contributed by atoms with Crippen LogP contribution in [-0.2, 0) is 16.2 Å². The van der Waals surface area contributed by atoms with Crippen LogP contribution < -0.4 is 15.4 Å². The molecule has 7 nitrogen and oxygen atoms in total. The monoisotopic (exact) mass is 490 g/mol. The number of nitrogens with zero attached hydrogens (tertiary/aromatic N) is 2. The maximum Gasteiger partial charge on any atom is 0.250 e. The van der Waals surface area contributed by atoms with E-state index in [0.717, 1.165) is 39.0 Å². The number of nitrogens with one attached hydrogen (secondary N) is 2. The number of anilines is 2. The summed E-state index contributed by atoms with van der Waals surface area (Å²) >= 11 is 2.95. The Morgan fingerprint density at radius 3 is 2.41 bits per heavy atom. The largest absolute Gasteiger partial charge is 0.487 e. The number of aromatic nitrogens is 2. The Labute approximate surface area is 205 Å². The third kappa shape index (κ3) is 6.60. The normalized spacial score (nSPS) is 10.9. The molecular formula is C25H22N4O3S2. The van der Waals surface area contributed by atoms with Gasteiger partial charge in [-0.3, -0.25) is 14.9 Å². The highest BCUT2D eigenvalue weighted by Crippen LogP contribution is 2.26. The summed E-state index contributed by atoms with van der Waals surface area (Å²) in [5, 5.41) is 10.9. The number of hydrogen-bond acceptors (Lipinski definition) is 7. The maximum atomic E-state index is 12.3. The minimum Gasteiger partial charge on any atom is -0.487 e. The van der Waals surface area contributed by atoms with Crippen molar-refractivity contribution in [3.05, 3.63) is 81.6 Å². The highest BCUT2D eigenvalue weighted by Gasteiger charge is 2.07. The van der Waals surface area contributed by atoms with E-state index < -0.39 is 0 Å². The van der Waals surface area contributed by atoms with Crippen LogP contribution in [0.3, 0.4) is 0 Å². The van der Waals surface area contributed by atoms with Gasteiger partial charge in [-0.1, -0.05) is 24.3 Å². The maximum absolute atomic E-state index is 12.3. The smallest absolute Gasteiger partial charge is 0.250 e. The van der Waals surface area contributed by atoms with Crippen LogP contribution in [0.1, 0.15) is 23.2 Å². The molecule has 9 heteroatoms. The first-order valence-corrected chi connectivity index (χ1v) is 12.2. The van der Waals surface area contributed by atoms with Crippen LogP contribution in [0.5, 0.6) is 5.75 Å². The molecule has 34 heavy (non-hydrogen) atoms. The van der Waals surface area contributed by atoms with E-state index in [4.69, 9.17) is 4.74 Å². The molecule has 2 amide bonds. The van der Waals surface area contributed by atoms with E-state index in [1.165, 1.54) is 24.3 Å². The number of amides is 2. The highest BCUT2D eigenvalue weighted by molar-refractivity contribution is 7.14. The van der Waals surface area contributed by atoms with E-state index in [0.29, 0.717) is 11.7 Å². The molecule has 0 aliphatic rings. The molecule has 2 heterocycles. The zero-order chi connectivity index (χ0) is 23.9. The van der Waals surface area contributed by atoms with Gasteiger partial charge in [0.1, 0.15) is 12.4 Å². The van der Waals surface area contributed by atoms with Gasteiger partial charge in [-0.25, -0.2) is 9.97 Å². The van der Waals surface area contributed by atoms with Crippen molar-refractivity contribution >= 4 is 51.4 Å². The van der Waals surface area contributed by atoms with Crippen LogP contribution in [0.4, 0.5) is 10.8 Å². The lowest BCUT2D eigenvalue weighted by Crippen LogP contribution is -2.07. The number of aryl methyl sites for hydroxylation is 1. The van der Waals surface area contributed by atoms with E-state index in [-0.39, 0.29) is 11.8 Å². The Morgan fingerprint density at radius 1 is 0.971 bits per heavy atom. The number of benzene rings is 2. The molecule has 0 aliphatic heterocycles. The lowest BCUT2D eigenvalue weighted by atomic mass is 10.1. The highest BCUT2D eigenvalue weighted by atomic mass is 32.1. The summed E-state index contributed by atoms with van der Waals surface area (Å²) in [5.74, 6) is 0.360. The van der Waals surface area contributed by atoms with Crippen LogP contribution in [0.25, 0.3) is 17.3 Å². The fraction of sp³-hybridized carbons (Fsp3) is 0.120. The average Bonchev–Trinajstić information content (AvgIpc) is 3.46. The van der Waals surface area contributed by atoms with E-state index in [2.05, 4.69) is 20.6 Å². The average molecular weight is 491 g/mol. The molecule has 4 rings (SSSR count). The SMILES string of the molecule is CC(=O)Nc1ccc(-c2csc(NC(=O)/C=C/c3ccc(OCc4csc(C)n4)cc3)n2)cc1. The Kier molecular flexibility index (Phi) is 7.46. The van der Waals surface area contributed by atoms with Gasteiger partial charge in [-0.2, -0.15) is 0 Å². The van der Waals surface area contributed by atoms with Gasteiger partial charge in [-0.05, 0) is 42.8 Å². The topological polar surface area (TPSA) is 93.2 Å². The van der Waals surface area contributed by atoms with Crippen LogP contribution in [0.2, 0.25) is 0 Å². The molecule has 0 bridgehead atoms. The molecule has 0 unspecified atom stereocenters. The van der Waals surface area contributed by atoms with Gasteiger partial charge in [0.2, 0.25) is 11.8 Å². The number of thiazole rings is 2. The van der Waals surface area contributed by atoms with Crippen molar-refractivity contribution in [2.45, 2.75) is 20.5 Å². The van der Waals surface area contributed by atoms with Gasteiger partial charge < -0.3 is 10.1 Å². The van der Waals surface area contributed by atoms with E-state index in [1.807, 2.05) is 66.2 Å². The molecule has 0 saturated carbocycles. The summed E-state index contributed by atoms with van der Waals surface area (Å²) in [6.07, 6.45) is 3.20. The quantitative estimate of drug-likeness (QED) is 0.306. The second-order valence-corrected chi connectivity index (χ2v) is 9.25. The molecule has 0 aliphatic carbocycles. The number of hydrogen-bond donors (Lipinski definition) is 2. The van der Waals surface area contributed by atoms with Gasteiger partial charge in [0, 0.05) is 35.0 Å². The zero-order valence-electron chi connectivity index (χ0n) is 18.6. The summed E-state index contributed by atoms with van der Waals surface area (Å²) < 4.78 is 5.74. The Hall–Kier alpha value is -3.82. The van der Waals surface area contributed by atoms with Crippen molar-refractivity contribution in [1.82, 2.24) is 9.97 Å². The predicted molar refractivity (Wildman–Crippen MR) is 137 cm³/mol. The van der Waals surface area contributed by atoms with Crippen molar-refractivity contribution < 1.29 is 14.3 Å². The van der Waals surface area contributed by atoms with E-state index >= 15 is 0 Å². The van der Waals surface area contributed by atoms with Gasteiger partial charge in [0.25, 0.3) is 0 Å². The second kappa shape index (κ2) is 10.9. The third-order valence-corrected chi connectivity index (χ3v) is 6.18. The first-order valence-electron chi connectivity index (χ1n) is 10.4. The Morgan fingerprint density at radius 2 is 1.74 bits per heavy atom. The summed E-state index contributed by atoms with van der Waals surface area (Å²) in [4.78, 5) is 32.3. The molecular weight excluding hydrogens is 468 g/mol. The van der Waals surface area contributed by atoms with Crippen molar-refractivity contribution in [1.29, 1.82) is 0 Å². The first kappa shape index (κ1) is 23.3. The molecule has 2 aromatic carbocycles. The summed E-state index contributed by atoms with van der Waals surface area (Å²) in [6, 6.07) is 14.9. The molecule has 2 N–H and O–H groups in total. The van der Waals surface area contributed by atoms with Crippen LogP contribution >= 0.6 is 22.7 Å². The third-order valence-electron chi connectivity index (χ3n) is 4.60. The van der Waals surface area contributed by atoms with Gasteiger partial charge in [0.15, 0.2) is 5.13 Å². The minimum atomic E-state index is -0.263. The van der Waals surface area contributed by atoms with Gasteiger partial charge >= 0.3 is 0 Å². The summed E-state index contributed by atoms with van der Waals surface area (Å²) in [5.41, 5.74) is 4.16. The van der Waals surface area contributed by atoms with Crippen molar-refractivity contribution in [2.75, 3.05) is 10.6 Å². The zero-order valence-corrected chi connectivity index (χ0v) is 20.2. The lowest BCUT2D eigenvalue weighted by Gasteiger charge is -2.04. The Bertz CT molecular complexity index is 1310. The Balaban J connectivity index is 1.29. The second-order valence-electron chi connectivity index (χ2n) is 7.33. The van der Waals surface area contributed by atoms with Crippen LogP contribution in [0.15, 0.2) is 65.4 Å². The molecule has 4 aromatic rings. The van der Waals surface area contributed by atoms with Crippen molar-refractivity contribution in [3.8, 4) is 17.0 Å². The molecule has 2 aromatic heterocycles. The summed E-state index contributed by atoms with van der Waals surface area (Å²) in [7, 11) is 0. The van der Waals surface area contributed by atoms with Gasteiger partial charge in [-0.15, -0.1) is 22.7 Å². The molecule has 0 saturated heterocycles. The number of carbonyl (C=O) groups is 2. The minimum absolute atomic E-state index is 0.120. The lowest BCUT2D eigenvalue weighted by molar-refractivity contribution is -0.114. The van der Waals surface area contributed by atoms with Crippen LogP contribution in [-0.4, -0.2) is 21.8 Å². The van der Waals surface area contributed by atoms with Crippen LogP contribution in [0, 0.1) is 6.92 Å². The predicted octanol–water partition coefficient (Wildman–Crippen LogP) is 5.76. The van der Waals surface area contributed by atoms with Gasteiger partial charge in [0.05, 0.1) is 16.4 Å². The fourth-order valence-electron chi connectivity index (χ4n) is 3.02. The molecule has 0 radical (unpaired) electrons. The molecule has 0 atom stereocenters. The fourth-order valence-corrected chi connectivity index (χ4v) is 4.34. The standard InChI is InChI=1S/C25H22N4O3S2/c1-16(30)26-20-8-6-19(7-9-20)23-15-34-25(28-23)29-24(31)12-5-18-3-10-22(11-4-18)32-13-21-14-33-17(2)27-21/h3-12,14-15H,13H2,1-2H3,(H,26,30)(H,28,29,31)/b12-5+. The number of rotatable bonds is 8. The molecule has 172 valence electrons. The van der Waals surface area contributed by atoms with E-state index in [1.54, 1.807) is 17.4 Å². The number of ether oxygens (including phenoxy) is 1. The van der Waals surface area contributed by atoms with Crippen molar-refractivity contribution in [2.24, 2.45) is 0 Å².